The molecule has 6 nitrogen and oxygen atoms in total. The average Bonchev–Trinajstić information content (AvgIpc) is 3.33. The van der Waals surface area contributed by atoms with E-state index in [2.05, 4.69) is 15.5 Å². The van der Waals surface area contributed by atoms with Gasteiger partial charge in [0, 0.05) is 0 Å². The molecule has 0 unspecified atom stereocenters. The lowest BCUT2D eigenvalue weighted by Gasteiger charge is -2.26. The topological polar surface area (TPSA) is 74.6 Å². The Morgan fingerprint density at radius 1 is 1.04 bits per heavy atom. The molecule has 0 radical (unpaired) electrons. The second-order valence-electron chi connectivity index (χ2n) is 6.13. The van der Waals surface area contributed by atoms with Gasteiger partial charge < -0.3 is 15.1 Å². The maximum atomic E-state index is 12.7. The standard InChI is InChI=1S/C19H23N3O3/c23-17(20-13-16-9-6-12-25-16)14-21-19(24)18(22-10-4-5-11-22)15-7-2-1-3-8-15/h1-3,6-9,12,18H,4-5,10-11,13-14H2,(H,20,23)(H,21,24)/t18-/m0/s1. The summed E-state index contributed by atoms with van der Waals surface area (Å²) < 4.78 is 5.16. The Bertz CT molecular complexity index is 679. The molecule has 0 aliphatic carbocycles. The van der Waals surface area contributed by atoms with Gasteiger partial charge in [0.2, 0.25) is 11.8 Å². The number of benzene rings is 1. The Morgan fingerprint density at radius 2 is 1.80 bits per heavy atom. The summed E-state index contributed by atoms with van der Waals surface area (Å²) in [6.07, 6.45) is 3.75. The molecule has 2 heterocycles. The lowest BCUT2D eigenvalue weighted by atomic mass is 10.0. The molecule has 132 valence electrons. The molecule has 25 heavy (non-hydrogen) atoms. The highest BCUT2D eigenvalue weighted by atomic mass is 16.3. The van der Waals surface area contributed by atoms with Gasteiger partial charge >= 0.3 is 0 Å². The van der Waals surface area contributed by atoms with E-state index in [-0.39, 0.29) is 24.4 Å². The van der Waals surface area contributed by atoms with Crippen molar-refractivity contribution >= 4 is 11.8 Å². The molecule has 0 bridgehead atoms. The molecule has 2 amide bonds. The minimum absolute atomic E-state index is 0.0449. The van der Waals surface area contributed by atoms with Crippen molar-refractivity contribution in [2.24, 2.45) is 0 Å². The number of nitrogens with one attached hydrogen (secondary N) is 2. The maximum Gasteiger partial charge on any atom is 0.242 e. The summed E-state index contributed by atoms with van der Waals surface area (Å²) in [6, 6.07) is 12.9. The summed E-state index contributed by atoms with van der Waals surface area (Å²) >= 11 is 0. The Labute approximate surface area is 147 Å². The molecule has 1 aliphatic rings. The van der Waals surface area contributed by atoms with Crippen molar-refractivity contribution < 1.29 is 14.0 Å². The van der Waals surface area contributed by atoms with Crippen LogP contribution in [0.15, 0.2) is 53.1 Å². The zero-order valence-electron chi connectivity index (χ0n) is 14.1. The van der Waals surface area contributed by atoms with E-state index >= 15 is 0 Å². The molecule has 1 aromatic heterocycles. The molecule has 2 N–H and O–H groups in total. The van der Waals surface area contributed by atoms with Crippen LogP contribution in [0.1, 0.15) is 30.2 Å². The molecule has 1 saturated heterocycles. The number of rotatable bonds is 7. The Hall–Kier alpha value is -2.60. The predicted molar refractivity (Wildman–Crippen MR) is 93.6 cm³/mol. The van der Waals surface area contributed by atoms with Crippen molar-refractivity contribution in [1.29, 1.82) is 0 Å². The summed E-state index contributed by atoms with van der Waals surface area (Å²) in [6.45, 7) is 2.07. The molecule has 1 atom stereocenters. The molecule has 0 spiro atoms. The van der Waals surface area contributed by atoms with Gasteiger partial charge in [-0.15, -0.1) is 0 Å². The number of hydrogen-bond donors (Lipinski definition) is 2. The van der Waals surface area contributed by atoms with Crippen LogP contribution in [0, 0.1) is 0 Å². The van der Waals surface area contributed by atoms with E-state index in [0.29, 0.717) is 12.3 Å². The van der Waals surface area contributed by atoms with Crippen LogP contribution in [0.3, 0.4) is 0 Å². The van der Waals surface area contributed by atoms with Gasteiger partial charge in [-0.2, -0.15) is 0 Å². The van der Waals surface area contributed by atoms with E-state index in [1.54, 1.807) is 18.4 Å². The van der Waals surface area contributed by atoms with Crippen LogP contribution in [0.25, 0.3) is 0 Å². The van der Waals surface area contributed by atoms with Crippen LogP contribution in [0.5, 0.6) is 0 Å². The number of carbonyl (C=O) groups is 2. The van der Waals surface area contributed by atoms with Crippen LogP contribution >= 0.6 is 0 Å². The van der Waals surface area contributed by atoms with Crippen molar-refractivity contribution in [2.45, 2.75) is 25.4 Å². The van der Waals surface area contributed by atoms with E-state index in [4.69, 9.17) is 4.42 Å². The van der Waals surface area contributed by atoms with Crippen LogP contribution in [-0.2, 0) is 16.1 Å². The van der Waals surface area contributed by atoms with Gasteiger partial charge in [0.05, 0.1) is 19.4 Å². The molecule has 3 rings (SSSR count). The molecule has 1 fully saturated rings. The highest BCUT2D eigenvalue weighted by molar-refractivity contribution is 5.88. The minimum Gasteiger partial charge on any atom is -0.467 e. The first-order valence-corrected chi connectivity index (χ1v) is 8.60. The van der Waals surface area contributed by atoms with Gasteiger partial charge in [0.15, 0.2) is 0 Å². The minimum atomic E-state index is -0.346. The number of carbonyl (C=O) groups excluding carboxylic acids is 2. The van der Waals surface area contributed by atoms with Gasteiger partial charge in [0.25, 0.3) is 0 Å². The highest BCUT2D eigenvalue weighted by Crippen LogP contribution is 2.25. The van der Waals surface area contributed by atoms with Crippen molar-refractivity contribution in [3.8, 4) is 0 Å². The largest absolute Gasteiger partial charge is 0.467 e. The number of nitrogens with zero attached hydrogens (tertiary/aromatic N) is 1. The Balaban J connectivity index is 1.55. The van der Waals surface area contributed by atoms with E-state index in [1.807, 2.05) is 30.3 Å². The van der Waals surface area contributed by atoms with Crippen molar-refractivity contribution in [2.75, 3.05) is 19.6 Å². The number of furan rings is 1. The molecule has 6 heteroatoms. The van der Waals surface area contributed by atoms with Crippen molar-refractivity contribution in [3.05, 3.63) is 60.1 Å². The Kier molecular flexibility index (Phi) is 5.85. The predicted octanol–water partition coefficient (Wildman–Crippen LogP) is 1.85. The molecule has 0 saturated carbocycles. The molecule has 1 aromatic carbocycles. The summed E-state index contributed by atoms with van der Waals surface area (Å²) in [5.74, 6) is 0.304. The lowest BCUT2D eigenvalue weighted by molar-refractivity contribution is -0.129. The van der Waals surface area contributed by atoms with Gasteiger partial charge in [-0.05, 0) is 43.6 Å². The molecule has 2 aromatic rings. The Morgan fingerprint density at radius 3 is 2.48 bits per heavy atom. The quantitative estimate of drug-likeness (QED) is 0.806. The zero-order valence-corrected chi connectivity index (χ0v) is 14.1. The average molecular weight is 341 g/mol. The summed E-state index contributed by atoms with van der Waals surface area (Å²) in [5.41, 5.74) is 0.956. The van der Waals surface area contributed by atoms with E-state index in [0.717, 1.165) is 31.5 Å². The summed E-state index contributed by atoms with van der Waals surface area (Å²) in [7, 11) is 0. The fraction of sp³-hybridized carbons (Fsp3) is 0.368. The summed E-state index contributed by atoms with van der Waals surface area (Å²) in [4.78, 5) is 26.8. The first kappa shape index (κ1) is 17.2. The number of amides is 2. The number of likely N-dealkylation sites (tertiary alicyclic amines) is 1. The SMILES string of the molecule is O=C(CNC(=O)[C@H](c1ccccc1)N1CCCC1)NCc1ccco1. The zero-order chi connectivity index (χ0) is 17.5. The third kappa shape index (κ3) is 4.70. The van der Waals surface area contributed by atoms with E-state index < -0.39 is 0 Å². The van der Waals surface area contributed by atoms with Crippen LogP contribution in [0.4, 0.5) is 0 Å². The second-order valence-corrected chi connectivity index (χ2v) is 6.13. The first-order chi connectivity index (χ1) is 12.2. The van der Waals surface area contributed by atoms with Crippen LogP contribution in [-0.4, -0.2) is 36.3 Å². The highest BCUT2D eigenvalue weighted by Gasteiger charge is 2.29. The van der Waals surface area contributed by atoms with Gasteiger partial charge in [-0.25, -0.2) is 0 Å². The van der Waals surface area contributed by atoms with E-state index in [9.17, 15) is 9.59 Å². The second kappa shape index (κ2) is 8.48. The smallest absolute Gasteiger partial charge is 0.242 e. The lowest BCUT2D eigenvalue weighted by Crippen LogP contribution is -2.43. The molecular weight excluding hydrogens is 318 g/mol. The van der Waals surface area contributed by atoms with E-state index in [1.165, 1.54) is 0 Å². The fourth-order valence-corrected chi connectivity index (χ4v) is 3.09. The normalized spacial score (nSPS) is 15.7. The van der Waals surface area contributed by atoms with Crippen molar-refractivity contribution in [3.63, 3.8) is 0 Å². The maximum absolute atomic E-state index is 12.7. The van der Waals surface area contributed by atoms with Crippen LogP contribution in [0.2, 0.25) is 0 Å². The molecule has 1 aliphatic heterocycles. The fourth-order valence-electron chi connectivity index (χ4n) is 3.09. The number of hydrogen-bond acceptors (Lipinski definition) is 4. The summed E-state index contributed by atoms with van der Waals surface area (Å²) in [5, 5.41) is 5.49. The van der Waals surface area contributed by atoms with Crippen LogP contribution < -0.4 is 10.6 Å². The monoisotopic (exact) mass is 341 g/mol. The van der Waals surface area contributed by atoms with Gasteiger partial charge in [-0.3, -0.25) is 14.5 Å². The molecular formula is C19H23N3O3. The van der Waals surface area contributed by atoms with Gasteiger partial charge in [-0.1, -0.05) is 30.3 Å². The van der Waals surface area contributed by atoms with Gasteiger partial charge in [0.1, 0.15) is 11.8 Å². The third-order valence-corrected chi connectivity index (χ3v) is 4.33. The van der Waals surface area contributed by atoms with Crippen molar-refractivity contribution in [1.82, 2.24) is 15.5 Å². The third-order valence-electron chi connectivity index (χ3n) is 4.33. The first-order valence-electron chi connectivity index (χ1n) is 8.60.